The Morgan fingerprint density at radius 2 is 1.18 bits per heavy atom. The van der Waals surface area contributed by atoms with Crippen LogP contribution < -0.4 is 34.3 Å². The monoisotopic (exact) mass is 545 g/mol. The van der Waals surface area contributed by atoms with Gasteiger partial charge in [0.2, 0.25) is 0 Å². The van der Waals surface area contributed by atoms with Crippen LogP contribution in [0.2, 0.25) is 0 Å². The molecule has 0 aromatic heterocycles. The number of phenolic OH excluding ortho intramolecular Hbond substituents is 1. The van der Waals surface area contributed by atoms with E-state index in [9.17, 15) is 19.5 Å². The van der Waals surface area contributed by atoms with Gasteiger partial charge in [-0.2, -0.15) is 0 Å². The third kappa shape index (κ3) is 15.0. The molecule has 0 fully saturated rings. The number of carbonyl (C=O) groups excluding carboxylic acids is 3. The maximum atomic E-state index is 10.4. The molecule has 202 valence electrons. The molecule has 0 saturated heterocycles. The predicted molar refractivity (Wildman–Crippen MR) is 144 cm³/mol. The van der Waals surface area contributed by atoms with Crippen molar-refractivity contribution < 1.29 is 67.7 Å². The second-order valence-electron chi connectivity index (χ2n) is 8.47. The average Bonchev–Trinajstić information content (AvgIpc) is 2.85. The minimum absolute atomic E-state index is 0. The van der Waals surface area contributed by atoms with Crippen LogP contribution in [0.25, 0.3) is 0 Å². The van der Waals surface area contributed by atoms with Crippen molar-refractivity contribution in [1.29, 1.82) is 0 Å². The number of ether oxygens (including phenoxy) is 1. The summed E-state index contributed by atoms with van der Waals surface area (Å²) in [5, 5.41) is 9.30. The van der Waals surface area contributed by atoms with E-state index in [1.165, 1.54) is 11.1 Å². The van der Waals surface area contributed by atoms with Crippen LogP contribution in [0, 0.1) is 0 Å². The Kier molecular flexibility index (Phi) is 15.6. The van der Waals surface area contributed by atoms with Crippen molar-refractivity contribution in [3.63, 3.8) is 0 Å². The van der Waals surface area contributed by atoms with Crippen molar-refractivity contribution >= 4 is 25.2 Å². The summed E-state index contributed by atoms with van der Waals surface area (Å²) in [6.07, 6.45) is 1.00. The molecule has 0 aliphatic carbocycles. The molecule has 0 aliphatic rings. The van der Waals surface area contributed by atoms with E-state index in [0.717, 1.165) is 46.0 Å². The molecule has 0 amide bonds. The largest absolute Gasteiger partial charge is 1.00 e. The van der Waals surface area contributed by atoms with Gasteiger partial charge in [-0.25, -0.2) is 0 Å². The van der Waals surface area contributed by atoms with E-state index >= 15 is 0 Å². The molecule has 0 radical (unpaired) electrons. The van der Waals surface area contributed by atoms with Crippen LogP contribution in [0.15, 0.2) is 78.9 Å². The van der Waals surface area contributed by atoms with Crippen molar-refractivity contribution in [1.82, 2.24) is 4.90 Å². The Balaban J connectivity index is 0.000000466. The molecule has 3 aromatic carbocycles. The summed E-state index contributed by atoms with van der Waals surface area (Å²) in [6.45, 7) is 5.32. The van der Waals surface area contributed by atoms with E-state index in [2.05, 4.69) is 62.3 Å². The molecule has 3 rings (SSSR count). The Bertz CT molecular complexity index is 1120. The van der Waals surface area contributed by atoms with Crippen LogP contribution in [0.4, 0.5) is 0 Å². The zero-order chi connectivity index (χ0) is 27.9. The molecule has 0 atom stereocenters. The summed E-state index contributed by atoms with van der Waals surface area (Å²) in [5.41, 5.74) is 2.63. The molecule has 1 N–H and O–H groups in total. The van der Waals surface area contributed by atoms with Crippen LogP contribution in [-0.2, 0) is 41.3 Å². The first-order valence-corrected chi connectivity index (χ1v) is 12.1. The molecule has 9 nitrogen and oxygen atoms in total. The fraction of sp³-hybridized carbons (Fsp3) is 0.250. The van der Waals surface area contributed by atoms with Gasteiger partial charge in [-0.3, -0.25) is 14.4 Å². The van der Waals surface area contributed by atoms with Crippen LogP contribution in [-0.4, -0.2) is 48.8 Å². The molecule has 0 spiro atoms. The molecular weight excluding hydrogens is 512 g/mol. The molecule has 0 saturated carbocycles. The molecule has 0 bridgehead atoms. The number of benzene rings is 3. The van der Waals surface area contributed by atoms with E-state index in [0.29, 0.717) is 5.75 Å². The van der Waals surface area contributed by atoms with Crippen LogP contribution in [0.1, 0.15) is 31.9 Å². The first-order chi connectivity index (χ1) is 18.1. The first-order valence-electron chi connectivity index (χ1n) is 12.1. The summed E-state index contributed by atoms with van der Waals surface area (Å²) in [5.74, 6) is -0.282. The van der Waals surface area contributed by atoms with Gasteiger partial charge in [0.25, 0.3) is 17.9 Å². The molecule has 3 aromatic rings. The summed E-state index contributed by atoms with van der Waals surface area (Å²) >= 11 is 0. The quantitative estimate of drug-likeness (QED) is 0.377. The Hall–Kier alpha value is -3.31. The van der Waals surface area contributed by atoms with Crippen LogP contribution in [0.5, 0.6) is 17.2 Å². The average molecular weight is 545 g/mol. The molecular formula is C28H33BNNaO8. The van der Waals surface area contributed by atoms with Crippen molar-refractivity contribution in [3.8, 4) is 17.2 Å². The topological polar surface area (TPSA) is 112 Å². The van der Waals surface area contributed by atoms with Crippen molar-refractivity contribution in [2.45, 2.75) is 33.7 Å². The second-order valence-corrected chi connectivity index (χ2v) is 8.47. The molecule has 39 heavy (non-hydrogen) atoms. The van der Waals surface area contributed by atoms with Crippen molar-refractivity contribution in [2.75, 3.05) is 13.6 Å². The number of carbonyl (C=O) groups is 3. The summed E-state index contributed by atoms with van der Waals surface area (Å²) in [6, 6.07) is 25.4. The smallest absolute Gasteiger partial charge is 0.625 e. The number of aromatic hydroxyl groups is 1. The number of hydrogen-bond acceptors (Lipinski definition) is 9. The molecule has 0 unspecified atom stereocenters. The van der Waals surface area contributed by atoms with Crippen molar-refractivity contribution in [2.24, 2.45) is 0 Å². The van der Waals surface area contributed by atoms with Gasteiger partial charge in [-0.05, 0) is 61.0 Å². The number of phenols is 1. The summed E-state index contributed by atoms with van der Waals surface area (Å²) < 4.78 is 19.1. The normalized spacial score (nSPS) is 10.0. The minimum Gasteiger partial charge on any atom is -0.625 e. The third-order valence-electron chi connectivity index (χ3n) is 5.04. The zero-order valence-corrected chi connectivity index (χ0v) is 25.1. The second kappa shape index (κ2) is 18.1. The van der Waals surface area contributed by atoms with Crippen LogP contribution in [0.3, 0.4) is 0 Å². The van der Waals surface area contributed by atoms with E-state index in [1.807, 2.05) is 18.2 Å². The van der Waals surface area contributed by atoms with Gasteiger partial charge >= 0.3 is 36.9 Å². The van der Waals surface area contributed by atoms with E-state index in [4.69, 9.17) is 4.74 Å². The van der Waals surface area contributed by atoms with E-state index in [-0.39, 0.29) is 35.3 Å². The molecule has 11 heteroatoms. The number of hydrogen-bond donors (Lipinski definition) is 1. The van der Waals surface area contributed by atoms with Crippen LogP contribution >= 0.6 is 0 Å². The fourth-order valence-corrected chi connectivity index (χ4v) is 3.25. The Morgan fingerprint density at radius 1 is 0.718 bits per heavy atom. The van der Waals surface area contributed by atoms with Gasteiger partial charge in [-0.15, -0.1) is 0 Å². The van der Waals surface area contributed by atoms with E-state index < -0.39 is 25.2 Å². The predicted octanol–water partition coefficient (Wildman–Crippen LogP) is 1.26. The fourth-order valence-electron chi connectivity index (χ4n) is 3.25. The van der Waals surface area contributed by atoms with Gasteiger partial charge in [0.15, 0.2) is 0 Å². The SMILES string of the molecule is CC(=O)O[BH-](OC(C)=O)OC(C)=O.CN(CCc1ccc(Oc2ccc(O)cc2)cc1)Cc1ccccc1.[Na+]. The van der Waals surface area contributed by atoms with Gasteiger partial charge < -0.3 is 28.7 Å². The number of likely N-dealkylation sites (N-methyl/N-ethyl adjacent to an activating group) is 1. The minimum atomic E-state index is -2.41. The summed E-state index contributed by atoms with van der Waals surface area (Å²) in [7, 11) is -0.262. The van der Waals surface area contributed by atoms with Gasteiger partial charge in [0, 0.05) is 33.9 Å². The summed E-state index contributed by atoms with van der Waals surface area (Å²) in [4.78, 5) is 33.6. The maximum Gasteiger partial charge on any atom is 1.00 e. The van der Waals surface area contributed by atoms with Gasteiger partial charge in [-0.1, -0.05) is 42.5 Å². The van der Waals surface area contributed by atoms with Gasteiger partial charge in [0.1, 0.15) is 17.2 Å². The van der Waals surface area contributed by atoms with Gasteiger partial charge in [0.05, 0.1) is 0 Å². The van der Waals surface area contributed by atoms with E-state index in [1.54, 1.807) is 24.3 Å². The zero-order valence-electron chi connectivity index (χ0n) is 23.1. The van der Waals surface area contributed by atoms with Crippen molar-refractivity contribution in [3.05, 3.63) is 90.0 Å². The standard InChI is InChI=1S/C22H23NO2.C6H10BO6.Na/c1-23(17-19-5-3-2-4-6-19)16-15-18-7-11-21(12-8-18)25-22-13-9-20(24)10-14-22;1-4(8)11-7(12-5(2)9)13-6(3)10;/h2-14,24H,15-17H2,1H3;7H,1-3H3;/q;-1;+1. The third-order valence-corrected chi connectivity index (χ3v) is 5.04. The maximum absolute atomic E-state index is 10.4. The number of rotatable bonds is 10. The number of nitrogens with zero attached hydrogens (tertiary/aromatic N) is 1. The Labute approximate surface area is 251 Å². The molecule has 0 heterocycles. The first kappa shape index (κ1) is 33.7. The Morgan fingerprint density at radius 3 is 1.64 bits per heavy atom. The molecule has 0 aliphatic heterocycles.